The van der Waals surface area contributed by atoms with Crippen molar-refractivity contribution in [2.24, 2.45) is 17.8 Å². The van der Waals surface area contributed by atoms with E-state index in [1.807, 2.05) is 6.07 Å². The van der Waals surface area contributed by atoms with Gasteiger partial charge < -0.3 is 9.73 Å². The second-order valence-electron chi connectivity index (χ2n) is 6.93. The Hall–Kier alpha value is -1.76. The monoisotopic (exact) mass is 346 g/mol. The zero-order valence-corrected chi connectivity index (χ0v) is 14.5. The summed E-state index contributed by atoms with van der Waals surface area (Å²) in [6.07, 6.45) is 6.98. The van der Waals surface area contributed by atoms with Crippen LogP contribution in [0.1, 0.15) is 32.6 Å². The summed E-state index contributed by atoms with van der Waals surface area (Å²) < 4.78 is 5.27. The van der Waals surface area contributed by atoms with Gasteiger partial charge in [0, 0.05) is 6.04 Å². The van der Waals surface area contributed by atoms with Crippen molar-refractivity contribution in [3.8, 4) is 11.6 Å². The van der Waals surface area contributed by atoms with E-state index in [-0.39, 0.29) is 11.9 Å². The van der Waals surface area contributed by atoms with Gasteiger partial charge >= 0.3 is 0 Å². The van der Waals surface area contributed by atoms with Crippen molar-refractivity contribution in [1.29, 1.82) is 0 Å². The Bertz CT molecular complexity index is 699. The Kier molecular flexibility index (Phi) is 4.35. The van der Waals surface area contributed by atoms with E-state index in [4.69, 9.17) is 4.42 Å². The van der Waals surface area contributed by atoms with Crippen molar-refractivity contribution < 1.29 is 9.21 Å². The number of rotatable bonds is 6. The molecule has 2 aliphatic carbocycles. The van der Waals surface area contributed by atoms with E-state index in [9.17, 15) is 4.79 Å². The summed E-state index contributed by atoms with van der Waals surface area (Å²) in [4.78, 5) is 16.5. The van der Waals surface area contributed by atoms with Gasteiger partial charge in [0.05, 0.1) is 12.0 Å². The Morgan fingerprint density at radius 1 is 1.50 bits per heavy atom. The molecule has 4 rings (SSSR count). The van der Waals surface area contributed by atoms with Crippen molar-refractivity contribution in [3.05, 3.63) is 18.4 Å². The SMILES string of the molecule is CC(NC(=O)CSc1n[nH]c(-c2ccco2)n1)C1CC2CCC1C2. The first-order chi connectivity index (χ1) is 11.7. The lowest BCUT2D eigenvalue weighted by molar-refractivity contribution is -0.119. The smallest absolute Gasteiger partial charge is 0.230 e. The van der Waals surface area contributed by atoms with Crippen LogP contribution >= 0.6 is 11.8 Å². The van der Waals surface area contributed by atoms with Crippen LogP contribution < -0.4 is 5.32 Å². The standard InChI is InChI=1S/C17H22N4O2S/c1-10(13-8-11-4-5-12(13)7-11)18-15(22)9-24-17-19-16(20-21-17)14-3-2-6-23-14/h2-3,6,10-13H,4-5,7-9H2,1H3,(H,18,22)(H,19,20,21). The van der Waals surface area contributed by atoms with Crippen LogP contribution in [0.4, 0.5) is 0 Å². The second kappa shape index (κ2) is 6.63. The van der Waals surface area contributed by atoms with E-state index >= 15 is 0 Å². The quantitative estimate of drug-likeness (QED) is 0.785. The van der Waals surface area contributed by atoms with Crippen LogP contribution in [0.2, 0.25) is 0 Å². The largest absolute Gasteiger partial charge is 0.461 e. The summed E-state index contributed by atoms with van der Waals surface area (Å²) in [6, 6.07) is 3.88. The molecule has 2 heterocycles. The molecule has 2 bridgehead atoms. The number of aromatic nitrogens is 3. The van der Waals surface area contributed by atoms with Gasteiger partial charge in [-0.3, -0.25) is 9.89 Å². The summed E-state index contributed by atoms with van der Waals surface area (Å²) in [5, 5.41) is 10.7. The zero-order chi connectivity index (χ0) is 16.5. The minimum absolute atomic E-state index is 0.0552. The maximum atomic E-state index is 12.2. The lowest BCUT2D eigenvalue weighted by Crippen LogP contribution is -2.40. The lowest BCUT2D eigenvalue weighted by Gasteiger charge is -2.28. The Labute approximate surface area is 145 Å². The van der Waals surface area contributed by atoms with Crippen LogP contribution in [-0.2, 0) is 4.79 Å². The van der Waals surface area contributed by atoms with Gasteiger partial charge in [0.25, 0.3) is 0 Å². The maximum Gasteiger partial charge on any atom is 0.230 e. The molecule has 2 saturated carbocycles. The van der Waals surface area contributed by atoms with Crippen LogP contribution in [0.3, 0.4) is 0 Å². The van der Waals surface area contributed by atoms with E-state index in [1.165, 1.54) is 37.4 Å². The van der Waals surface area contributed by atoms with E-state index in [1.54, 1.807) is 12.3 Å². The molecule has 2 aromatic heterocycles. The van der Waals surface area contributed by atoms with Crippen molar-refractivity contribution in [2.45, 2.75) is 43.8 Å². The number of aromatic amines is 1. The van der Waals surface area contributed by atoms with E-state index in [2.05, 4.69) is 27.4 Å². The molecule has 4 unspecified atom stereocenters. The first kappa shape index (κ1) is 15.7. The number of carbonyl (C=O) groups excluding carboxylic acids is 1. The first-order valence-corrected chi connectivity index (χ1v) is 9.56. The summed E-state index contributed by atoms with van der Waals surface area (Å²) in [5.74, 6) is 4.00. The third-order valence-electron chi connectivity index (χ3n) is 5.38. The topological polar surface area (TPSA) is 83.8 Å². The highest BCUT2D eigenvalue weighted by molar-refractivity contribution is 7.99. The van der Waals surface area contributed by atoms with Gasteiger partial charge in [0.2, 0.25) is 11.1 Å². The van der Waals surface area contributed by atoms with Gasteiger partial charge in [-0.15, -0.1) is 5.10 Å². The van der Waals surface area contributed by atoms with Crippen LogP contribution in [0.25, 0.3) is 11.6 Å². The number of hydrogen-bond acceptors (Lipinski definition) is 5. The minimum Gasteiger partial charge on any atom is -0.461 e. The average Bonchev–Trinajstić information content (AvgIpc) is 3.37. The molecule has 2 fully saturated rings. The minimum atomic E-state index is 0.0552. The number of carbonyl (C=O) groups is 1. The molecule has 0 radical (unpaired) electrons. The van der Waals surface area contributed by atoms with E-state index in [0.29, 0.717) is 28.4 Å². The van der Waals surface area contributed by atoms with Gasteiger partial charge in [-0.25, -0.2) is 0 Å². The number of thioether (sulfide) groups is 1. The fraction of sp³-hybridized carbons (Fsp3) is 0.588. The van der Waals surface area contributed by atoms with Crippen molar-refractivity contribution in [2.75, 3.05) is 5.75 Å². The van der Waals surface area contributed by atoms with Gasteiger partial charge in [-0.1, -0.05) is 18.2 Å². The predicted molar refractivity (Wildman–Crippen MR) is 91.4 cm³/mol. The Balaban J connectivity index is 1.26. The molecule has 2 aromatic rings. The van der Waals surface area contributed by atoms with Gasteiger partial charge in [0.1, 0.15) is 0 Å². The fourth-order valence-electron chi connectivity index (χ4n) is 4.27. The molecule has 0 spiro atoms. The highest BCUT2D eigenvalue weighted by Crippen LogP contribution is 2.49. The zero-order valence-electron chi connectivity index (χ0n) is 13.7. The number of fused-ring (bicyclic) bond motifs is 2. The molecule has 1 amide bonds. The summed E-state index contributed by atoms with van der Waals surface area (Å²) in [5.41, 5.74) is 0. The fourth-order valence-corrected chi connectivity index (χ4v) is 4.88. The first-order valence-electron chi connectivity index (χ1n) is 8.57. The highest BCUT2D eigenvalue weighted by Gasteiger charge is 2.42. The van der Waals surface area contributed by atoms with Crippen LogP contribution in [0, 0.1) is 17.8 Å². The molecule has 6 nitrogen and oxygen atoms in total. The molecule has 2 aliphatic rings. The van der Waals surface area contributed by atoms with E-state index in [0.717, 1.165) is 11.8 Å². The summed E-state index contributed by atoms with van der Waals surface area (Å²) in [7, 11) is 0. The number of hydrogen-bond donors (Lipinski definition) is 2. The van der Waals surface area contributed by atoms with Crippen LogP contribution in [0.15, 0.2) is 28.0 Å². The van der Waals surface area contributed by atoms with E-state index < -0.39 is 0 Å². The van der Waals surface area contributed by atoms with Gasteiger partial charge in [-0.05, 0) is 56.1 Å². The van der Waals surface area contributed by atoms with Crippen molar-refractivity contribution in [1.82, 2.24) is 20.5 Å². The van der Waals surface area contributed by atoms with Gasteiger partial charge in [-0.2, -0.15) is 4.98 Å². The third kappa shape index (κ3) is 3.22. The predicted octanol–water partition coefficient (Wildman–Crippen LogP) is 3.10. The molecule has 24 heavy (non-hydrogen) atoms. The molecule has 2 N–H and O–H groups in total. The van der Waals surface area contributed by atoms with Crippen molar-refractivity contribution in [3.63, 3.8) is 0 Å². The molecule has 0 aromatic carbocycles. The molecular weight excluding hydrogens is 324 g/mol. The summed E-state index contributed by atoms with van der Waals surface area (Å²) >= 11 is 1.34. The molecule has 7 heteroatoms. The number of nitrogens with zero attached hydrogens (tertiary/aromatic N) is 2. The number of nitrogens with one attached hydrogen (secondary N) is 2. The normalized spacial score (nSPS) is 26.6. The molecule has 0 aliphatic heterocycles. The highest BCUT2D eigenvalue weighted by atomic mass is 32.2. The maximum absolute atomic E-state index is 12.2. The van der Waals surface area contributed by atoms with Crippen LogP contribution in [-0.4, -0.2) is 32.9 Å². The van der Waals surface area contributed by atoms with Crippen molar-refractivity contribution >= 4 is 17.7 Å². The molecule has 0 saturated heterocycles. The van der Waals surface area contributed by atoms with Crippen LogP contribution in [0.5, 0.6) is 0 Å². The lowest BCUT2D eigenvalue weighted by atomic mass is 9.84. The van der Waals surface area contributed by atoms with Gasteiger partial charge in [0.15, 0.2) is 11.6 Å². The molecule has 4 atom stereocenters. The number of amides is 1. The summed E-state index contributed by atoms with van der Waals surface area (Å²) in [6.45, 7) is 2.15. The molecule has 128 valence electrons. The third-order valence-corrected chi connectivity index (χ3v) is 6.22. The molecular formula is C17H22N4O2S. The Morgan fingerprint density at radius 2 is 2.42 bits per heavy atom. The Morgan fingerprint density at radius 3 is 3.12 bits per heavy atom. The average molecular weight is 346 g/mol. The number of H-pyrrole nitrogens is 1. The number of furan rings is 1. The second-order valence-corrected chi connectivity index (χ2v) is 7.87.